The fraction of sp³-hybridized carbons (Fsp3) is 0.717. The molecule has 0 aliphatic rings. The van der Waals surface area contributed by atoms with Gasteiger partial charge in [0.25, 0.3) is 0 Å². The molecule has 0 saturated heterocycles. The van der Waals surface area contributed by atoms with E-state index in [1.54, 1.807) is 0 Å². The van der Waals surface area contributed by atoms with E-state index in [-0.39, 0.29) is 25.9 Å². The first-order valence-corrected chi connectivity index (χ1v) is 30.0. The Morgan fingerprint density at radius 3 is 1.15 bits per heavy atom. The maximum Gasteiger partial charge on any atom is 0.472 e. The number of carbonyl (C=O) groups excluding carboxylic acids is 3. The van der Waals surface area contributed by atoms with Crippen LogP contribution in [0.2, 0.25) is 0 Å². The molecule has 0 aromatic carbocycles. The molecule has 12 heteroatoms. The van der Waals surface area contributed by atoms with Gasteiger partial charge in [0.15, 0.2) is 6.10 Å². The molecule has 11 nitrogen and oxygen atoms in total. The van der Waals surface area contributed by atoms with Crippen LogP contribution in [0.15, 0.2) is 85.1 Å². The van der Waals surface area contributed by atoms with E-state index in [2.05, 4.69) is 106 Å². The summed E-state index contributed by atoms with van der Waals surface area (Å²) >= 11 is 0. The zero-order valence-corrected chi connectivity index (χ0v) is 46.5. The molecule has 0 saturated carbocycles. The van der Waals surface area contributed by atoms with Crippen molar-refractivity contribution in [3.05, 3.63) is 85.1 Å². The number of carbonyl (C=O) groups is 3. The number of aliphatic hydroxyl groups is 1. The molecule has 0 bridgehead atoms. The lowest BCUT2D eigenvalue weighted by Crippen LogP contribution is -2.30. The highest BCUT2D eigenvalue weighted by molar-refractivity contribution is 7.47. The Labute approximate surface area is 439 Å². The first-order chi connectivity index (χ1) is 35.2. The second-order valence-corrected chi connectivity index (χ2v) is 20.2. The number of phosphoric acid groups is 1. The third-order valence-corrected chi connectivity index (χ3v) is 12.8. The van der Waals surface area contributed by atoms with Crippen molar-refractivity contribution >= 4 is 25.7 Å². The van der Waals surface area contributed by atoms with Crippen molar-refractivity contribution in [3.63, 3.8) is 0 Å². The molecule has 0 aliphatic heterocycles. The van der Waals surface area contributed by atoms with Crippen molar-refractivity contribution in [2.75, 3.05) is 26.4 Å². The molecule has 3 atom stereocenters. The minimum Gasteiger partial charge on any atom is -0.462 e. The molecular weight excluding hydrogens is 928 g/mol. The van der Waals surface area contributed by atoms with Crippen LogP contribution in [0.5, 0.6) is 0 Å². The highest BCUT2D eigenvalue weighted by atomic mass is 31.2. The van der Waals surface area contributed by atoms with Gasteiger partial charge in [-0.2, -0.15) is 0 Å². The summed E-state index contributed by atoms with van der Waals surface area (Å²) in [6.07, 6.45) is 61.1. The number of rotatable bonds is 52. The predicted octanol–water partition coefficient (Wildman–Crippen LogP) is 16.7. The lowest BCUT2D eigenvalue weighted by molar-refractivity contribution is -0.161. The Morgan fingerprint density at radius 2 is 0.722 bits per heavy atom. The molecule has 0 amide bonds. The van der Waals surface area contributed by atoms with Crippen molar-refractivity contribution in [2.45, 2.75) is 251 Å². The first-order valence-electron chi connectivity index (χ1n) is 28.5. The van der Waals surface area contributed by atoms with Gasteiger partial charge in [0.05, 0.1) is 19.8 Å². The van der Waals surface area contributed by atoms with Crippen molar-refractivity contribution in [2.24, 2.45) is 0 Å². The second-order valence-electron chi connectivity index (χ2n) is 18.7. The van der Waals surface area contributed by atoms with Crippen LogP contribution in [0.3, 0.4) is 0 Å². The lowest BCUT2D eigenvalue weighted by atomic mass is 10.1. The van der Waals surface area contributed by atoms with E-state index in [9.17, 15) is 28.9 Å². The third-order valence-electron chi connectivity index (χ3n) is 11.8. The van der Waals surface area contributed by atoms with E-state index < -0.39 is 57.8 Å². The lowest BCUT2D eigenvalue weighted by Gasteiger charge is -2.21. The predicted molar refractivity (Wildman–Crippen MR) is 298 cm³/mol. The van der Waals surface area contributed by atoms with E-state index in [1.807, 2.05) is 0 Å². The maximum atomic E-state index is 12.9. The van der Waals surface area contributed by atoms with Crippen molar-refractivity contribution in [1.29, 1.82) is 0 Å². The molecule has 3 unspecified atom stereocenters. The minimum atomic E-state index is -4.76. The smallest absolute Gasteiger partial charge is 0.462 e. The van der Waals surface area contributed by atoms with Crippen molar-refractivity contribution in [3.8, 4) is 0 Å². The van der Waals surface area contributed by atoms with Gasteiger partial charge < -0.3 is 24.2 Å². The van der Waals surface area contributed by atoms with Crippen molar-refractivity contribution in [1.82, 2.24) is 0 Å². The van der Waals surface area contributed by atoms with Gasteiger partial charge in [0.1, 0.15) is 12.7 Å². The molecule has 72 heavy (non-hydrogen) atoms. The number of allylic oxidation sites excluding steroid dienone is 14. The topological polar surface area (TPSA) is 155 Å². The second kappa shape index (κ2) is 53.9. The summed E-state index contributed by atoms with van der Waals surface area (Å²) in [5, 5.41) is 9.80. The number of hydrogen-bond donors (Lipinski definition) is 2. The first kappa shape index (κ1) is 68.7. The minimum absolute atomic E-state index is 0.126. The molecule has 2 N–H and O–H groups in total. The molecule has 0 fully saturated rings. The third kappa shape index (κ3) is 51.6. The SMILES string of the molecule is CC/C=C\C/C=C\C/C=C\C/C=C\C/C=C\CCCCCC(=O)OC(COC(=O)CCCCCCCCCCCCC)COP(=O)(O)OCC(CO)OC(=O)CCCCCCC/C=C\C/C=C\CCCCC. The van der Waals surface area contributed by atoms with Gasteiger partial charge in [-0.05, 0) is 96.3 Å². The summed E-state index contributed by atoms with van der Waals surface area (Å²) in [6, 6.07) is 0. The molecule has 0 heterocycles. The van der Waals surface area contributed by atoms with E-state index in [1.165, 1.54) is 64.2 Å². The van der Waals surface area contributed by atoms with E-state index in [0.717, 1.165) is 116 Å². The van der Waals surface area contributed by atoms with Crippen LogP contribution in [0, 0.1) is 0 Å². The highest BCUT2D eigenvalue weighted by Crippen LogP contribution is 2.43. The molecule has 414 valence electrons. The summed E-state index contributed by atoms with van der Waals surface area (Å²) < 4.78 is 39.4. The Bertz CT molecular complexity index is 1530. The molecule has 0 aliphatic carbocycles. The van der Waals surface area contributed by atoms with E-state index in [0.29, 0.717) is 19.3 Å². The number of aliphatic hydroxyl groups excluding tert-OH is 1. The van der Waals surface area contributed by atoms with Gasteiger partial charge in [-0.25, -0.2) is 4.57 Å². The molecule has 0 aromatic rings. The van der Waals surface area contributed by atoms with E-state index in [4.69, 9.17) is 23.3 Å². The normalized spacial score (nSPS) is 14.0. The molecule has 0 aromatic heterocycles. The molecule has 0 radical (unpaired) electrons. The Balaban J connectivity index is 4.77. The zero-order valence-electron chi connectivity index (χ0n) is 45.6. The highest BCUT2D eigenvalue weighted by Gasteiger charge is 2.28. The summed E-state index contributed by atoms with van der Waals surface area (Å²) in [4.78, 5) is 48.5. The Hall–Kier alpha value is -3.34. The van der Waals surface area contributed by atoms with Crippen LogP contribution < -0.4 is 0 Å². The van der Waals surface area contributed by atoms with Crippen molar-refractivity contribution < 1.29 is 52.2 Å². The van der Waals surface area contributed by atoms with Gasteiger partial charge in [0, 0.05) is 19.3 Å². The Kier molecular flexibility index (Phi) is 51.4. The largest absolute Gasteiger partial charge is 0.472 e. The fourth-order valence-electron chi connectivity index (χ4n) is 7.47. The average molecular weight is 1030 g/mol. The number of hydrogen-bond acceptors (Lipinski definition) is 10. The van der Waals surface area contributed by atoms with Crippen LogP contribution in [0.4, 0.5) is 0 Å². The van der Waals surface area contributed by atoms with Gasteiger partial charge >= 0.3 is 25.7 Å². The van der Waals surface area contributed by atoms with Crippen LogP contribution in [0.1, 0.15) is 239 Å². The summed E-state index contributed by atoms with van der Waals surface area (Å²) in [7, 11) is -4.76. The molecular formula is C60H103O11P. The summed E-state index contributed by atoms with van der Waals surface area (Å²) in [5.41, 5.74) is 0. The summed E-state index contributed by atoms with van der Waals surface area (Å²) in [5.74, 6) is -1.52. The van der Waals surface area contributed by atoms with E-state index >= 15 is 0 Å². The van der Waals surface area contributed by atoms with Gasteiger partial charge in [-0.1, -0.05) is 209 Å². The van der Waals surface area contributed by atoms with Gasteiger partial charge in [0.2, 0.25) is 0 Å². The quantitative estimate of drug-likeness (QED) is 0.0197. The van der Waals surface area contributed by atoms with Gasteiger partial charge in [-0.3, -0.25) is 23.4 Å². The number of ether oxygens (including phenoxy) is 3. The van der Waals surface area contributed by atoms with Crippen LogP contribution in [-0.4, -0.2) is 66.5 Å². The molecule has 0 spiro atoms. The van der Waals surface area contributed by atoms with Gasteiger partial charge in [-0.15, -0.1) is 0 Å². The monoisotopic (exact) mass is 1030 g/mol. The zero-order chi connectivity index (χ0) is 52.7. The van der Waals surface area contributed by atoms with Crippen LogP contribution >= 0.6 is 7.82 Å². The summed E-state index contributed by atoms with van der Waals surface area (Å²) in [6.45, 7) is 4.44. The molecule has 0 rings (SSSR count). The Morgan fingerprint density at radius 1 is 0.403 bits per heavy atom. The average Bonchev–Trinajstić information content (AvgIpc) is 3.37. The maximum absolute atomic E-state index is 12.9. The number of unbranched alkanes of at least 4 members (excludes halogenated alkanes) is 21. The number of phosphoric ester groups is 1. The van der Waals surface area contributed by atoms with Crippen LogP contribution in [-0.2, 0) is 42.2 Å². The fourth-order valence-corrected chi connectivity index (χ4v) is 8.25. The number of esters is 3. The van der Waals surface area contributed by atoms with Crippen LogP contribution in [0.25, 0.3) is 0 Å². The standard InChI is InChI=1S/C60H103O11P/c1-4-7-10-13-16-19-22-24-26-27-28-29-31-33-36-39-42-45-48-51-60(64)71-57(53-67-58(62)49-46-43-40-37-34-21-18-15-12-9-6-3)55-69-72(65,66)68-54-56(52-61)70-59(63)50-47-44-41-38-35-32-30-25-23-20-17-14-11-8-5-2/h7,10,16-17,19-20,24-26,28-30,33,36,56-57,61H,4-6,8-9,11-15,18,21-23,27,31-32,34-35,37-55H2,1-3H3,(H,65,66)/b10-7-,19-16-,20-17-,26-24-,29-28-,30-25-,36-33-.